The van der Waals surface area contributed by atoms with Crippen molar-refractivity contribution >= 4 is 11.6 Å². The summed E-state index contributed by atoms with van der Waals surface area (Å²) in [6.07, 6.45) is 0. The van der Waals surface area contributed by atoms with E-state index < -0.39 is 0 Å². The van der Waals surface area contributed by atoms with E-state index in [1.165, 1.54) is 11.1 Å². The molecule has 0 heterocycles. The Hall–Kier alpha value is -0.530. The van der Waals surface area contributed by atoms with Crippen LogP contribution in [0.4, 0.5) is 0 Å². The number of halogens is 1. The van der Waals surface area contributed by atoms with Gasteiger partial charge < -0.3 is 5.73 Å². The van der Waals surface area contributed by atoms with E-state index in [1.54, 1.807) is 0 Å². The molecule has 0 saturated carbocycles. The summed E-state index contributed by atoms with van der Waals surface area (Å²) >= 11 is 5.97. The second-order valence-electron chi connectivity index (χ2n) is 3.19. The first-order chi connectivity index (χ1) is 5.54. The van der Waals surface area contributed by atoms with E-state index in [1.807, 2.05) is 26.0 Å². The molecule has 1 aromatic carbocycles. The summed E-state index contributed by atoms with van der Waals surface area (Å²) in [6, 6.07) is 3.98. The second kappa shape index (κ2) is 3.46. The first-order valence-electron chi connectivity index (χ1n) is 4.05. The van der Waals surface area contributed by atoms with Crippen LogP contribution in [-0.4, -0.2) is 0 Å². The molecule has 0 radical (unpaired) electrons. The van der Waals surface area contributed by atoms with Crippen LogP contribution in [0.1, 0.15) is 29.7 Å². The number of hydrogen-bond donors (Lipinski definition) is 1. The Morgan fingerprint density at radius 1 is 1.33 bits per heavy atom. The van der Waals surface area contributed by atoms with Gasteiger partial charge in [0.1, 0.15) is 0 Å². The van der Waals surface area contributed by atoms with Crippen LogP contribution in [0.5, 0.6) is 0 Å². The van der Waals surface area contributed by atoms with E-state index in [9.17, 15) is 0 Å². The van der Waals surface area contributed by atoms with Crippen molar-refractivity contribution in [1.29, 1.82) is 0 Å². The molecule has 12 heavy (non-hydrogen) atoms. The highest BCUT2D eigenvalue weighted by atomic mass is 35.5. The summed E-state index contributed by atoms with van der Waals surface area (Å²) in [6.45, 7) is 6.04. The van der Waals surface area contributed by atoms with Crippen molar-refractivity contribution in [2.45, 2.75) is 26.8 Å². The standard InChI is InChI=1S/C10H14ClN/c1-6-4-5-9(11)7(2)10(6)8(3)12/h4-5,8H,12H2,1-3H3. The first-order valence-corrected chi connectivity index (χ1v) is 4.43. The zero-order valence-electron chi connectivity index (χ0n) is 7.69. The van der Waals surface area contributed by atoms with Crippen LogP contribution in [0.2, 0.25) is 5.02 Å². The molecule has 0 aromatic heterocycles. The fraction of sp³-hybridized carbons (Fsp3) is 0.400. The van der Waals surface area contributed by atoms with Gasteiger partial charge in [-0.25, -0.2) is 0 Å². The Balaban J connectivity index is 3.33. The maximum absolute atomic E-state index is 5.97. The van der Waals surface area contributed by atoms with Crippen molar-refractivity contribution in [3.8, 4) is 0 Å². The van der Waals surface area contributed by atoms with Crippen molar-refractivity contribution in [1.82, 2.24) is 0 Å². The van der Waals surface area contributed by atoms with Crippen LogP contribution in [0.25, 0.3) is 0 Å². The molecule has 0 aliphatic heterocycles. The molecule has 1 unspecified atom stereocenters. The van der Waals surface area contributed by atoms with Gasteiger partial charge in [0.05, 0.1) is 0 Å². The molecule has 2 heteroatoms. The van der Waals surface area contributed by atoms with Gasteiger partial charge in [0.25, 0.3) is 0 Å². The predicted molar refractivity (Wildman–Crippen MR) is 53.5 cm³/mol. The van der Waals surface area contributed by atoms with Gasteiger partial charge in [0.2, 0.25) is 0 Å². The summed E-state index contributed by atoms with van der Waals surface area (Å²) in [5, 5.41) is 0.799. The van der Waals surface area contributed by atoms with Crippen molar-refractivity contribution in [3.05, 3.63) is 33.8 Å². The minimum atomic E-state index is 0.0590. The lowest BCUT2D eigenvalue weighted by atomic mass is 9.98. The number of aryl methyl sites for hydroxylation is 1. The van der Waals surface area contributed by atoms with Gasteiger partial charge in [-0.05, 0) is 43.5 Å². The third kappa shape index (κ3) is 1.62. The summed E-state index contributed by atoms with van der Waals surface area (Å²) in [7, 11) is 0. The van der Waals surface area contributed by atoms with E-state index in [0.29, 0.717) is 0 Å². The number of hydrogen-bond acceptors (Lipinski definition) is 1. The van der Waals surface area contributed by atoms with Gasteiger partial charge in [-0.15, -0.1) is 0 Å². The average molecular weight is 184 g/mol. The van der Waals surface area contributed by atoms with Crippen LogP contribution < -0.4 is 5.73 Å². The molecule has 1 atom stereocenters. The highest BCUT2D eigenvalue weighted by molar-refractivity contribution is 6.31. The lowest BCUT2D eigenvalue weighted by molar-refractivity contribution is 0.801. The molecule has 0 bridgehead atoms. The van der Waals surface area contributed by atoms with Crippen molar-refractivity contribution in [2.24, 2.45) is 5.73 Å². The minimum absolute atomic E-state index is 0.0590. The van der Waals surface area contributed by atoms with Gasteiger partial charge in [-0.2, -0.15) is 0 Å². The van der Waals surface area contributed by atoms with E-state index in [-0.39, 0.29) is 6.04 Å². The monoisotopic (exact) mass is 183 g/mol. The first kappa shape index (κ1) is 9.56. The Morgan fingerprint density at radius 3 is 2.33 bits per heavy atom. The topological polar surface area (TPSA) is 26.0 Å². The molecule has 1 nitrogen and oxygen atoms in total. The Labute approximate surface area is 78.5 Å². The van der Waals surface area contributed by atoms with Crippen LogP contribution in [-0.2, 0) is 0 Å². The Kier molecular flexibility index (Phi) is 2.76. The molecule has 0 aliphatic rings. The summed E-state index contributed by atoms with van der Waals surface area (Å²) < 4.78 is 0. The largest absolute Gasteiger partial charge is 0.324 e. The number of nitrogens with two attached hydrogens (primary N) is 1. The molecule has 0 aliphatic carbocycles. The van der Waals surface area contributed by atoms with Crippen LogP contribution in [0.3, 0.4) is 0 Å². The van der Waals surface area contributed by atoms with Gasteiger partial charge in [-0.3, -0.25) is 0 Å². The SMILES string of the molecule is Cc1ccc(Cl)c(C)c1C(C)N. The molecule has 0 amide bonds. The third-order valence-corrected chi connectivity index (χ3v) is 2.53. The van der Waals surface area contributed by atoms with E-state index in [0.717, 1.165) is 10.6 Å². The molecule has 2 N–H and O–H groups in total. The summed E-state index contributed by atoms with van der Waals surface area (Å²) in [4.78, 5) is 0. The quantitative estimate of drug-likeness (QED) is 0.712. The Morgan fingerprint density at radius 2 is 1.92 bits per heavy atom. The highest BCUT2D eigenvalue weighted by Crippen LogP contribution is 2.25. The fourth-order valence-corrected chi connectivity index (χ4v) is 1.70. The van der Waals surface area contributed by atoms with Gasteiger partial charge >= 0.3 is 0 Å². The van der Waals surface area contributed by atoms with Crippen LogP contribution in [0, 0.1) is 13.8 Å². The fourth-order valence-electron chi connectivity index (χ4n) is 1.54. The molecule has 0 saturated heterocycles. The second-order valence-corrected chi connectivity index (χ2v) is 3.60. The maximum Gasteiger partial charge on any atom is 0.0438 e. The van der Waals surface area contributed by atoms with Crippen LogP contribution >= 0.6 is 11.6 Å². The van der Waals surface area contributed by atoms with E-state index in [4.69, 9.17) is 17.3 Å². The van der Waals surface area contributed by atoms with Crippen molar-refractivity contribution in [3.63, 3.8) is 0 Å². The average Bonchev–Trinajstić information content (AvgIpc) is 1.97. The van der Waals surface area contributed by atoms with Gasteiger partial charge in [0, 0.05) is 11.1 Å². The lowest BCUT2D eigenvalue weighted by Crippen LogP contribution is -2.09. The lowest BCUT2D eigenvalue weighted by Gasteiger charge is -2.14. The molecule has 66 valence electrons. The van der Waals surface area contributed by atoms with Crippen LogP contribution in [0.15, 0.2) is 12.1 Å². The zero-order chi connectivity index (χ0) is 9.30. The minimum Gasteiger partial charge on any atom is -0.324 e. The molecule has 0 spiro atoms. The van der Waals surface area contributed by atoms with Crippen molar-refractivity contribution < 1.29 is 0 Å². The highest BCUT2D eigenvalue weighted by Gasteiger charge is 2.09. The van der Waals surface area contributed by atoms with E-state index >= 15 is 0 Å². The predicted octanol–water partition coefficient (Wildman–Crippen LogP) is 2.98. The Bertz CT molecular complexity index is 292. The molecule has 1 aromatic rings. The normalized spacial score (nSPS) is 13.1. The molecular weight excluding hydrogens is 170 g/mol. The van der Waals surface area contributed by atoms with E-state index in [2.05, 4.69) is 6.92 Å². The van der Waals surface area contributed by atoms with Gasteiger partial charge in [-0.1, -0.05) is 17.7 Å². The van der Waals surface area contributed by atoms with Crippen molar-refractivity contribution in [2.75, 3.05) is 0 Å². The smallest absolute Gasteiger partial charge is 0.0438 e. The molecule has 0 fully saturated rings. The molecule has 1 rings (SSSR count). The number of benzene rings is 1. The maximum atomic E-state index is 5.97. The number of rotatable bonds is 1. The zero-order valence-corrected chi connectivity index (χ0v) is 8.44. The van der Waals surface area contributed by atoms with Gasteiger partial charge in [0.15, 0.2) is 0 Å². The summed E-state index contributed by atoms with van der Waals surface area (Å²) in [5.41, 5.74) is 9.31. The molecular formula is C10H14ClN. The third-order valence-electron chi connectivity index (χ3n) is 2.12. The summed E-state index contributed by atoms with van der Waals surface area (Å²) in [5.74, 6) is 0.